The molecule has 2 N–H and O–H groups in total. The molecule has 4 heteroatoms. The van der Waals surface area contributed by atoms with Crippen LogP contribution in [0.25, 0.3) is 11.3 Å². The van der Waals surface area contributed by atoms with Gasteiger partial charge in [-0.2, -0.15) is 0 Å². The van der Waals surface area contributed by atoms with Gasteiger partial charge in [-0.05, 0) is 12.1 Å². The molecule has 4 nitrogen and oxygen atoms in total. The molecule has 0 aromatic carbocycles. The van der Waals surface area contributed by atoms with E-state index in [1.807, 2.05) is 6.07 Å². The van der Waals surface area contributed by atoms with Gasteiger partial charge in [0.25, 0.3) is 0 Å². The summed E-state index contributed by atoms with van der Waals surface area (Å²) in [5.74, 6) is 0.464. The Hall–Kier alpha value is -1.84. The van der Waals surface area contributed by atoms with Crippen LogP contribution < -0.4 is 5.73 Å². The third-order valence-corrected chi connectivity index (χ3v) is 1.55. The summed E-state index contributed by atoms with van der Waals surface area (Å²) in [4.78, 5) is 3.93. The zero-order chi connectivity index (χ0) is 8.39. The van der Waals surface area contributed by atoms with Crippen LogP contribution in [0.2, 0.25) is 0 Å². The summed E-state index contributed by atoms with van der Waals surface area (Å²) in [5.41, 5.74) is 7.13. The van der Waals surface area contributed by atoms with Crippen LogP contribution >= 0.6 is 0 Å². The fraction of sp³-hybridized carbons (Fsp3) is 0. The third-order valence-electron chi connectivity index (χ3n) is 1.55. The van der Waals surface area contributed by atoms with E-state index in [-0.39, 0.29) is 0 Å². The van der Waals surface area contributed by atoms with Gasteiger partial charge in [0.2, 0.25) is 0 Å². The molecule has 2 rings (SSSR count). The fourth-order valence-electron chi connectivity index (χ4n) is 0.986. The van der Waals surface area contributed by atoms with Gasteiger partial charge >= 0.3 is 0 Å². The van der Waals surface area contributed by atoms with Crippen LogP contribution in [-0.2, 0) is 0 Å². The topological polar surface area (TPSA) is 64.9 Å². The predicted molar refractivity (Wildman–Crippen MR) is 44.1 cm³/mol. The first-order valence-corrected chi connectivity index (χ1v) is 3.49. The molecule has 0 aliphatic heterocycles. The molecule has 2 heterocycles. The molecule has 0 radical (unpaired) electrons. The van der Waals surface area contributed by atoms with Gasteiger partial charge < -0.3 is 10.3 Å². The SMILES string of the molecule is Nc1ncccc1-c1ccon1. The summed E-state index contributed by atoms with van der Waals surface area (Å²) in [6, 6.07) is 5.40. The van der Waals surface area contributed by atoms with Crippen molar-refractivity contribution in [3.05, 3.63) is 30.7 Å². The van der Waals surface area contributed by atoms with E-state index >= 15 is 0 Å². The molecule has 60 valence electrons. The Morgan fingerprint density at radius 2 is 2.25 bits per heavy atom. The second kappa shape index (κ2) is 2.65. The first kappa shape index (κ1) is 6.84. The molecular formula is C8H7N3O. The number of hydrogen-bond acceptors (Lipinski definition) is 4. The highest BCUT2D eigenvalue weighted by Gasteiger charge is 2.04. The van der Waals surface area contributed by atoms with Crippen LogP contribution in [0.5, 0.6) is 0 Å². The highest BCUT2D eigenvalue weighted by atomic mass is 16.5. The molecule has 0 bridgehead atoms. The Balaban J connectivity index is 2.55. The summed E-state index contributed by atoms with van der Waals surface area (Å²) in [5, 5.41) is 3.75. The average Bonchev–Trinajstić information content (AvgIpc) is 2.57. The van der Waals surface area contributed by atoms with Gasteiger partial charge in [0.05, 0.1) is 0 Å². The highest BCUT2D eigenvalue weighted by Crippen LogP contribution is 2.20. The summed E-state index contributed by atoms with van der Waals surface area (Å²) in [6.07, 6.45) is 3.14. The van der Waals surface area contributed by atoms with Crippen LogP contribution in [0.3, 0.4) is 0 Å². The second-order valence-electron chi connectivity index (χ2n) is 2.32. The Labute approximate surface area is 69.0 Å². The standard InChI is InChI=1S/C8H7N3O/c9-8-6(2-1-4-10-8)7-3-5-12-11-7/h1-5H,(H2,9,10). The first-order chi connectivity index (χ1) is 5.88. The minimum atomic E-state index is 0.464. The lowest BCUT2D eigenvalue weighted by Crippen LogP contribution is -1.92. The second-order valence-corrected chi connectivity index (χ2v) is 2.32. The number of nitrogens with zero attached hydrogens (tertiary/aromatic N) is 2. The van der Waals surface area contributed by atoms with Gasteiger partial charge in [-0.1, -0.05) is 5.16 Å². The molecular weight excluding hydrogens is 154 g/mol. The Morgan fingerprint density at radius 3 is 2.92 bits per heavy atom. The van der Waals surface area contributed by atoms with Crippen molar-refractivity contribution in [2.75, 3.05) is 5.73 Å². The van der Waals surface area contributed by atoms with Gasteiger partial charge in [0.15, 0.2) is 0 Å². The van der Waals surface area contributed by atoms with E-state index in [0.29, 0.717) is 11.5 Å². The maximum Gasteiger partial charge on any atom is 0.132 e. The minimum Gasteiger partial charge on any atom is -0.383 e. The van der Waals surface area contributed by atoms with Crippen molar-refractivity contribution in [3.8, 4) is 11.3 Å². The Kier molecular flexibility index (Phi) is 1.51. The molecule has 2 aromatic rings. The quantitative estimate of drug-likeness (QED) is 0.685. The molecule has 0 amide bonds. The zero-order valence-corrected chi connectivity index (χ0v) is 6.27. The van der Waals surface area contributed by atoms with Crippen LogP contribution in [-0.4, -0.2) is 10.1 Å². The van der Waals surface area contributed by atoms with Crippen molar-refractivity contribution >= 4 is 5.82 Å². The smallest absolute Gasteiger partial charge is 0.132 e. The Morgan fingerprint density at radius 1 is 1.33 bits per heavy atom. The van der Waals surface area contributed by atoms with Crippen molar-refractivity contribution in [3.63, 3.8) is 0 Å². The van der Waals surface area contributed by atoms with Crippen molar-refractivity contribution in [2.24, 2.45) is 0 Å². The minimum absolute atomic E-state index is 0.464. The summed E-state index contributed by atoms with van der Waals surface area (Å²) in [7, 11) is 0. The molecule has 0 aliphatic rings. The van der Waals surface area contributed by atoms with E-state index in [1.54, 1.807) is 18.3 Å². The Bertz CT molecular complexity index is 370. The summed E-state index contributed by atoms with van der Waals surface area (Å²) >= 11 is 0. The normalized spacial score (nSPS) is 10.0. The van der Waals surface area contributed by atoms with Gasteiger partial charge in [-0.15, -0.1) is 0 Å². The molecule has 0 unspecified atom stereocenters. The monoisotopic (exact) mass is 161 g/mol. The predicted octanol–water partition coefficient (Wildman–Crippen LogP) is 1.32. The molecule has 12 heavy (non-hydrogen) atoms. The summed E-state index contributed by atoms with van der Waals surface area (Å²) < 4.78 is 4.69. The summed E-state index contributed by atoms with van der Waals surface area (Å²) in [6.45, 7) is 0. The number of aromatic nitrogens is 2. The van der Waals surface area contributed by atoms with Crippen LogP contribution in [0.15, 0.2) is 35.2 Å². The lowest BCUT2D eigenvalue weighted by molar-refractivity contribution is 0.422. The number of anilines is 1. The van der Waals surface area contributed by atoms with Gasteiger partial charge in [0, 0.05) is 17.8 Å². The zero-order valence-electron chi connectivity index (χ0n) is 6.27. The van der Waals surface area contributed by atoms with E-state index in [2.05, 4.69) is 10.1 Å². The van der Waals surface area contributed by atoms with E-state index < -0.39 is 0 Å². The number of nitrogens with two attached hydrogens (primary N) is 1. The maximum atomic E-state index is 5.62. The highest BCUT2D eigenvalue weighted by molar-refractivity contribution is 5.69. The van der Waals surface area contributed by atoms with Crippen molar-refractivity contribution < 1.29 is 4.52 Å². The van der Waals surface area contributed by atoms with Gasteiger partial charge in [0.1, 0.15) is 17.8 Å². The fourth-order valence-corrected chi connectivity index (χ4v) is 0.986. The van der Waals surface area contributed by atoms with Crippen LogP contribution in [0, 0.1) is 0 Å². The largest absolute Gasteiger partial charge is 0.383 e. The van der Waals surface area contributed by atoms with Gasteiger partial charge in [-0.3, -0.25) is 0 Å². The van der Waals surface area contributed by atoms with Crippen LogP contribution in [0.4, 0.5) is 5.82 Å². The van der Waals surface area contributed by atoms with Crippen molar-refractivity contribution in [2.45, 2.75) is 0 Å². The third kappa shape index (κ3) is 1.03. The molecule has 2 aromatic heterocycles. The van der Waals surface area contributed by atoms with E-state index in [4.69, 9.17) is 10.3 Å². The molecule has 0 aliphatic carbocycles. The lowest BCUT2D eigenvalue weighted by atomic mass is 10.2. The number of rotatable bonds is 1. The average molecular weight is 161 g/mol. The molecule has 0 atom stereocenters. The first-order valence-electron chi connectivity index (χ1n) is 3.49. The van der Waals surface area contributed by atoms with Crippen molar-refractivity contribution in [1.82, 2.24) is 10.1 Å². The number of pyridine rings is 1. The molecule has 0 fully saturated rings. The van der Waals surface area contributed by atoms with Crippen molar-refractivity contribution in [1.29, 1.82) is 0 Å². The van der Waals surface area contributed by atoms with E-state index in [9.17, 15) is 0 Å². The lowest BCUT2D eigenvalue weighted by Gasteiger charge is -1.97. The number of nitrogen functional groups attached to an aromatic ring is 1. The maximum absolute atomic E-state index is 5.62. The van der Waals surface area contributed by atoms with Crippen LogP contribution in [0.1, 0.15) is 0 Å². The van der Waals surface area contributed by atoms with E-state index in [0.717, 1.165) is 5.56 Å². The van der Waals surface area contributed by atoms with E-state index in [1.165, 1.54) is 6.26 Å². The molecule has 0 spiro atoms. The molecule has 0 saturated carbocycles. The number of hydrogen-bond donors (Lipinski definition) is 1. The van der Waals surface area contributed by atoms with Gasteiger partial charge in [-0.25, -0.2) is 4.98 Å². The molecule has 0 saturated heterocycles.